The van der Waals surface area contributed by atoms with Crippen LogP contribution in [0.4, 0.5) is 0 Å². The lowest BCUT2D eigenvalue weighted by Crippen LogP contribution is -1.55. The van der Waals surface area contributed by atoms with Crippen LogP contribution in [-0.4, -0.2) is 14.7 Å². The molecule has 0 rings (SSSR count). The van der Waals surface area contributed by atoms with Crippen molar-refractivity contribution in [2.75, 3.05) is 0 Å². The average molecular weight is 188 g/mol. The van der Waals surface area contributed by atoms with Gasteiger partial charge in [0.25, 0.3) is 0 Å². The molecule has 10 heavy (non-hydrogen) atoms. The van der Waals surface area contributed by atoms with Gasteiger partial charge in [-0.3, -0.25) is 0 Å². The maximum absolute atomic E-state index is 9.45. The molecule has 0 aromatic carbocycles. The first kappa shape index (κ1) is 12.3. The standard InChI is InChI=1S/C2H3O3P.HO3P/c1-2-5-6(3)4;1-4(2)3/h2H,1H2;(H-,1,2,3)/p+2. The second-order valence-electron chi connectivity index (χ2n) is 0.763. The van der Waals surface area contributed by atoms with Gasteiger partial charge in [-0.15, -0.1) is 14.7 Å². The van der Waals surface area contributed by atoms with E-state index in [2.05, 4.69) is 11.1 Å². The van der Waals surface area contributed by atoms with Crippen LogP contribution in [0, 0.1) is 0 Å². The van der Waals surface area contributed by atoms with Gasteiger partial charge < -0.3 is 0 Å². The normalized spacial score (nSPS) is 8.50. The van der Waals surface area contributed by atoms with E-state index in [1.54, 1.807) is 0 Å². The minimum absolute atomic E-state index is 0.915. The highest BCUT2D eigenvalue weighted by atomic mass is 31.1. The topological polar surface area (TPSA) is 104 Å². The van der Waals surface area contributed by atoms with E-state index in [9.17, 15) is 4.57 Å². The van der Waals surface area contributed by atoms with E-state index in [1.807, 2.05) is 0 Å². The lowest BCUT2D eigenvalue weighted by atomic mass is 11.2. The van der Waals surface area contributed by atoms with Crippen molar-refractivity contribution in [2.45, 2.75) is 0 Å². The van der Waals surface area contributed by atoms with Crippen LogP contribution in [-0.2, 0) is 13.7 Å². The van der Waals surface area contributed by atoms with E-state index in [1.165, 1.54) is 0 Å². The van der Waals surface area contributed by atoms with Gasteiger partial charge in [-0.1, -0.05) is 6.58 Å². The molecule has 0 amide bonds. The highest BCUT2D eigenvalue weighted by Crippen LogP contribution is 2.12. The molecule has 1 unspecified atom stereocenters. The van der Waals surface area contributed by atoms with Gasteiger partial charge >= 0.3 is 16.5 Å². The Labute approximate surface area is 58.7 Å². The molecule has 0 heterocycles. The number of hydrogen-bond acceptors (Lipinski definition) is 3. The van der Waals surface area contributed by atoms with Crippen LogP contribution in [0.25, 0.3) is 0 Å². The second-order valence-corrected chi connectivity index (χ2v) is 1.95. The summed E-state index contributed by atoms with van der Waals surface area (Å²) < 4.78 is 22.0. The molecule has 0 aliphatic carbocycles. The van der Waals surface area contributed by atoms with Crippen molar-refractivity contribution in [1.82, 2.24) is 0 Å². The van der Waals surface area contributed by atoms with Crippen LogP contribution in [0.3, 0.4) is 0 Å². The maximum Gasteiger partial charge on any atom is 0.746 e. The van der Waals surface area contributed by atoms with Crippen molar-refractivity contribution >= 4 is 16.5 Å². The monoisotopic (exact) mass is 188 g/mol. The highest BCUT2D eigenvalue weighted by molar-refractivity contribution is 7.32. The number of hydrogen-bond donors (Lipinski definition) is 3. The Morgan fingerprint density at radius 1 is 1.30 bits per heavy atom. The first-order chi connectivity index (χ1) is 4.50. The Morgan fingerprint density at radius 3 is 1.60 bits per heavy atom. The molecular formula is C2H6O6P2+2. The molecule has 0 aromatic heterocycles. The van der Waals surface area contributed by atoms with E-state index in [4.69, 9.17) is 19.2 Å². The molecule has 0 aliphatic heterocycles. The zero-order valence-corrected chi connectivity index (χ0v) is 6.53. The zero-order chi connectivity index (χ0) is 8.57. The van der Waals surface area contributed by atoms with E-state index in [0.29, 0.717) is 0 Å². The SMILES string of the molecule is C=CO[P+](=O)O.O=[P+](O)O. The minimum Gasteiger partial charge on any atom is -0.238 e. The highest BCUT2D eigenvalue weighted by Gasteiger charge is 2.05. The lowest BCUT2D eigenvalue weighted by Gasteiger charge is -1.63. The summed E-state index contributed by atoms with van der Waals surface area (Å²) in [5, 5.41) is 0. The van der Waals surface area contributed by atoms with Gasteiger partial charge in [0.2, 0.25) is 0 Å². The van der Waals surface area contributed by atoms with Crippen molar-refractivity contribution in [1.29, 1.82) is 0 Å². The molecule has 0 saturated carbocycles. The first-order valence-corrected chi connectivity index (χ1v) is 4.09. The van der Waals surface area contributed by atoms with Gasteiger partial charge in [0.1, 0.15) is 6.26 Å². The average Bonchev–Trinajstić information content (AvgIpc) is 1.62. The van der Waals surface area contributed by atoms with Crippen LogP contribution in [0.15, 0.2) is 12.8 Å². The van der Waals surface area contributed by atoms with Crippen LogP contribution in [0.2, 0.25) is 0 Å². The summed E-state index contributed by atoms with van der Waals surface area (Å²) in [6.07, 6.45) is 0.915. The third-order valence-electron chi connectivity index (χ3n) is 0.165. The van der Waals surface area contributed by atoms with E-state index < -0.39 is 16.5 Å². The van der Waals surface area contributed by atoms with Gasteiger partial charge in [0.05, 0.1) is 0 Å². The Kier molecular flexibility index (Phi) is 10.6. The molecule has 0 fully saturated rings. The van der Waals surface area contributed by atoms with Crippen molar-refractivity contribution in [3.63, 3.8) is 0 Å². The van der Waals surface area contributed by atoms with Crippen LogP contribution < -0.4 is 0 Å². The summed E-state index contributed by atoms with van der Waals surface area (Å²) in [5.74, 6) is 0. The third-order valence-corrected chi connectivity index (χ3v) is 0.494. The summed E-state index contributed by atoms with van der Waals surface area (Å²) in [5.41, 5.74) is 0. The van der Waals surface area contributed by atoms with Crippen molar-refractivity contribution in [3.05, 3.63) is 12.8 Å². The Balaban J connectivity index is 0. The summed E-state index contributed by atoms with van der Waals surface area (Å²) in [4.78, 5) is 22.0. The van der Waals surface area contributed by atoms with E-state index in [-0.39, 0.29) is 0 Å². The molecule has 0 spiro atoms. The molecule has 0 radical (unpaired) electrons. The molecule has 0 bridgehead atoms. The molecule has 1 atom stereocenters. The van der Waals surface area contributed by atoms with Crippen molar-refractivity contribution in [2.24, 2.45) is 0 Å². The predicted octanol–water partition coefficient (Wildman–Crippen LogP) is 0.425. The third kappa shape index (κ3) is 48.6. The molecule has 8 heteroatoms. The fraction of sp³-hybridized carbons (Fsp3) is 0. The first-order valence-electron chi connectivity index (χ1n) is 1.79. The smallest absolute Gasteiger partial charge is 0.238 e. The Hall–Kier alpha value is -0.380. The Bertz CT molecular complexity index is 128. The van der Waals surface area contributed by atoms with Crippen LogP contribution in [0.1, 0.15) is 0 Å². The van der Waals surface area contributed by atoms with Gasteiger partial charge in [-0.25, -0.2) is 4.52 Å². The lowest BCUT2D eigenvalue weighted by molar-refractivity contribution is 0.379. The zero-order valence-electron chi connectivity index (χ0n) is 4.75. The number of rotatable bonds is 2. The van der Waals surface area contributed by atoms with Crippen LogP contribution in [0.5, 0.6) is 0 Å². The molecule has 3 N–H and O–H groups in total. The fourth-order valence-electron chi connectivity index (χ4n) is 0.0638. The van der Waals surface area contributed by atoms with Gasteiger partial charge in [-0.2, -0.15) is 0 Å². The maximum atomic E-state index is 9.45. The molecule has 58 valence electrons. The summed E-state index contributed by atoms with van der Waals surface area (Å²) in [6.45, 7) is 3.03. The summed E-state index contributed by atoms with van der Waals surface area (Å²) in [7, 11) is -5.34. The molecular weight excluding hydrogens is 182 g/mol. The van der Waals surface area contributed by atoms with Gasteiger partial charge in [0, 0.05) is 9.13 Å². The molecule has 0 saturated heterocycles. The van der Waals surface area contributed by atoms with Gasteiger partial charge in [0.15, 0.2) is 0 Å². The van der Waals surface area contributed by atoms with Crippen LogP contribution >= 0.6 is 16.5 Å². The summed E-state index contributed by atoms with van der Waals surface area (Å²) >= 11 is 0. The van der Waals surface area contributed by atoms with Gasteiger partial charge in [-0.05, 0) is 0 Å². The second kappa shape index (κ2) is 8.62. The van der Waals surface area contributed by atoms with E-state index >= 15 is 0 Å². The largest absolute Gasteiger partial charge is 0.746 e. The minimum atomic E-state index is -2.87. The quantitative estimate of drug-likeness (QED) is 0.428. The molecule has 6 nitrogen and oxygen atoms in total. The van der Waals surface area contributed by atoms with Crippen molar-refractivity contribution < 1.29 is 28.3 Å². The molecule has 0 aliphatic rings. The Morgan fingerprint density at radius 2 is 1.60 bits per heavy atom. The molecule has 0 aromatic rings. The fourth-order valence-corrected chi connectivity index (χ4v) is 0.191. The van der Waals surface area contributed by atoms with E-state index in [0.717, 1.165) is 6.26 Å². The van der Waals surface area contributed by atoms with Crippen molar-refractivity contribution in [3.8, 4) is 0 Å². The summed E-state index contributed by atoms with van der Waals surface area (Å²) in [6, 6.07) is 0. The predicted molar refractivity (Wildman–Crippen MR) is 33.2 cm³/mol.